The third kappa shape index (κ3) is 2.50. The monoisotopic (exact) mass is 315 g/mol. The minimum absolute atomic E-state index is 0.0764. The molecule has 1 aliphatic heterocycles. The number of likely N-dealkylation sites (tertiary alicyclic amines) is 1. The third-order valence-corrected chi connectivity index (χ3v) is 4.41. The van der Waals surface area contributed by atoms with Crippen molar-refractivity contribution in [3.8, 4) is 0 Å². The van der Waals surface area contributed by atoms with Crippen LogP contribution in [-0.2, 0) is 0 Å². The first-order valence-corrected chi connectivity index (χ1v) is 7.09. The molecule has 1 aliphatic rings. The molecule has 2 unspecified atom stereocenters. The van der Waals surface area contributed by atoms with Crippen LogP contribution in [0.15, 0.2) is 28.7 Å². The van der Waals surface area contributed by atoms with Crippen molar-refractivity contribution in [3.05, 3.63) is 34.3 Å². The zero-order valence-corrected chi connectivity index (χ0v) is 12.0. The van der Waals surface area contributed by atoms with Gasteiger partial charge in [0, 0.05) is 22.9 Å². The van der Waals surface area contributed by atoms with E-state index in [1.54, 1.807) is 0 Å². The SMILES string of the molecule is CC1CCN(C(=O)c2ccccc2Br)C1CCl. The predicted molar refractivity (Wildman–Crippen MR) is 73.5 cm³/mol. The van der Waals surface area contributed by atoms with Crippen LogP contribution in [0.1, 0.15) is 23.7 Å². The van der Waals surface area contributed by atoms with E-state index >= 15 is 0 Å². The lowest BCUT2D eigenvalue weighted by Gasteiger charge is -2.25. The van der Waals surface area contributed by atoms with Crippen molar-refractivity contribution in [1.82, 2.24) is 4.90 Å². The first-order valence-electron chi connectivity index (χ1n) is 5.76. The van der Waals surface area contributed by atoms with E-state index in [0.717, 1.165) is 23.0 Å². The van der Waals surface area contributed by atoms with Crippen molar-refractivity contribution in [2.75, 3.05) is 12.4 Å². The summed E-state index contributed by atoms with van der Waals surface area (Å²) in [6, 6.07) is 7.69. The van der Waals surface area contributed by atoms with Crippen LogP contribution in [0.25, 0.3) is 0 Å². The molecule has 1 fully saturated rings. The van der Waals surface area contributed by atoms with Crippen molar-refractivity contribution in [2.24, 2.45) is 5.92 Å². The van der Waals surface area contributed by atoms with Gasteiger partial charge in [0.15, 0.2) is 0 Å². The summed E-state index contributed by atoms with van der Waals surface area (Å²) >= 11 is 9.38. The van der Waals surface area contributed by atoms with Crippen molar-refractivity contribution in [2.45, 2.75) is 19.4 Å². The van der Waals surface area contributed by atoms with Gasteiger partial charge in [-0.1, -0.05) is 19.1 Å². The molecule has 0 radical (unpaired) electrons. The minimum atomic E-state index is 0.0764. The van der Waals surface area contributed by atoms with E-state index in [2.05, 4.69) is 22.9 Å². The van der Waals surface area contributed by atoms with Crippen LogP contribution in [-0.4, -0.2) is 29.3 Å². The first kappa shape index (κ1) is 12.9. The Hall–Kier alpha value is -0.540. The van der Waals surface area contributed by atoms with Gasteiger partial charge in [-0.25, -0.2) is 0 Å². The molecule has 0 aromatic heterocycles. The zero-order chi connectivity index (χ0) is 12.4. The fraction of sp³-hybridized carbons (Fsp3) is 0.462. The maximum absolute atomic E-state index is 12.4. The normalized spacial score (nSPS) is 24.1. The van der Waals surface area contributed by atoms with Crippen molar-refractivity contribution in [1.29, 1.82) is 0 Å². The molecule has 1 aromatic rings. The van der Waals surface area contributed by atoms with Crippen LogP contribution < -0.4 is 0 Å². The van der Waals surface area contributed by atoms with Gasteiger partial charge in [-0.2, -0.15) is 0 Å². The van der Waals surface area contributed by atoms with Crippen LogP contribution in [0, 0.1) is 5.92 Å². The highest BCUT2D eigenvalue weighted by Crippen LogP contribution is 2.28. The van der Waals surface area contributed by atoms with Gasteiger partial charge in [0.2, 0.25) is 0 Å². The first-order chi connectivity index (χ1) is 8.15. The van der Waals surface area contributed by atoms with E-state index in [9.17, 15) is 4.79 Å². The molecular formula is C13H15BrClNO. The molecule has 1 aromatic carbocycles. The number of nitrogens with zero attached hydrogens (tertiary/aromatic N) is 1. The Labute approximate surface area is 115 Å². The molecule has 2 rings (SSSR count). The summed E-state index contributed by atoms with van der Waals surface area (Å²) in [6.07, 6.45) is 1.04. The summed E-state index contributed by atoms with van der Waals surface area (Å²) in [5.74, 6) is 1.07. The van der Waals surface area contributed by atoms with Crippen molar-refractivity contribution >= 4 is 33.4 Å². The highest BCUT2D eigenvalue weighted by molar-refractivity contribution is 9.10. The van der Waals surface area contributed by atoms with Crippen LogP contribution >= 0.6 is 27.5 Å². The number of amides is 1. The molecule has 2 atom stereocenters. The summed E-state index contributed by atoms with van der Waals surface area (Å²) in [5.41, 5.74) is 0.719. The Balaban J connectivity index is 2.24. The van der Waals surface area contributed by atoms with Crippen LogP contribution in [0.3, 0.4) is 0 Å². The highest BCUT2D eigenvalue weighted by atomic mass is 79.9. The maximum Gasteiger partial charge on any atom is 0.255 e. The summed E-state index contributed by atoms with van der Waals surface area (Å²) in [5, 5.41) is 0. The summed E-state index contributed by atoms with van der Waals surface area (Å²) in [4.78, 5) is 14.3. The van der Waals surface area contributed by atoms with Crippen LogP contribution in [0.5, 0.6) is 0 Å². The summed E-state index contributed by atoms with van der Waals surface area (Å²) < 4.78 is 0.845. The number of rotatable bonds is 2. The second kappa shape index (κ2) is 5.40. The molecule has 1 saturated heterocycles. The Bertz CT molecular complexity index is 424. The van der Waals surface area contributed by atoms with Gasteiger partial charge < -0.3 is 4.90 Å². The quantitative estimate of drug-likeness (QED) is 0.764. The predicted octanol–water partition coefficient (Wildman–Crippen LogP) is 3.54. The average Bonchev–Trinajstić information content (AvgIpc) is 2.70. The minimum Gasteiger partial charge on any atom is -0.334 e. The molecule has 0 spiro atoms. The van der Waals surface area contributed by atoms with Gasteiger partial charge in [-0.15, -0.1) is 11.6 Å². The Morgan fingerprint density at radius 2 is 2.24 bits per heavy atom. The number of benzene rings is 1. The van der Waals surface area contributed by atoms with E-state index in [0.29, 0.717) is 11.8 Å². The maximum atomic E-state index is 12.4. The molecule has 0 N–H and O–H groups in total. The molecule has 2 nitrogen and oxygen atoms in total. The molecule has 1 amide bonds. The van der Waals surface area contributed by atoms with Gasteiger partial charge in [0.05, 0.1) is 5.56 Å². The van der Waals surface area contributed by atoms with Gasteiger partial charge in [-0.05, 0) is 40.4 Å². The topological polar surface area (TPSA) is 20.3 Å². The number of halogens is 2. The van der Waals surface area contributed by atoms with Gasteiger partial charge >= 0.3 is 0 Å². The molecule has 92 valence electrons. The molecule has 4 heteroatoms. The number of carbonyl (C=O) groups excluding carboxylic acids is 1. The van der Waals surface area contributed by atoms with Crippen LogP contribution in [0.4, 0.5) is 0 Å². The molecule has 17 heavy (non-hydrogen) atoms. The lowest BCUT2D eigenvalue weighted by atomic mass is 10.0. The number of carbonyl (C=O) groups is 1. The summed E-state index contributed by atoms with van der Waals surface area (Å²) in [6.45, 7) is 2.96. The third-order valence-electron chi connectivity index (χ3n) is 3.41. The number of hydrogen-bond acceptors (Lipinski definition) is 1. The average molecular weight is 317 g/mol. The Morgan fingerprint density at radius 3 is 2.88 bits per heavy atom. The molecule has 0 bridgehead atoms. The number of hydrogen-bond donors (Lipinski definition) is 0. The molecule has 0 saturated carbocycles. The van der Waals surface area contributed by atoms with Gasteiger partial charge in [0.1, 0.15) is 0 Å². The van der Waals surface area contributed by atoms with Gasteiger partial charge in [-0.3, -0.25) is 4.79 Å². The fourth-order valence-electron chi connectivity index (χ4n) is 2.29. The standard InChI is InChI=1S/C13H15BrClNO/c1-9-6-7-16(12(9)8-15)13(17)10-4-2-3-5-11(10)14/h2-5,9,12H,6-8H2,1H3. The van der Waals surface area contributed by atoms with Crippen molar-refractivity contribution < 1.29 is 4.79 Å². The lowest BCUT2D eigenvalue weighted by Crippen LogP contribution is -2.38. The fourth-order valence-corrected chi connectivity index (χ4v) is 3.21. The number of alkyl halides is 1. The van der Waals surface area contributed by atoms with E-state index in [1.165, 1.54) is 0 Å². The van der Waals surface area contributed by atoms with E-state index in [4.69, 9.17) is 11.6 Å². The molecular weight excluding hydrogens is 302 g/mol. The Kier molecular flexibility index (Phi) is 4.10. The highest BCUT2D eigenvalue weighted by Gasteiger charge is 2.34. The Morgan fingerprint density at radius 1 is 1.53 bits per heavy atom. The second-order valence-electron chi connectivity index (χ2n) is 4.47. The van der Waals surface area contributed by atoms with E-state index in [-0.39, 0.29) is 11.9 Å². The molecule has 1 heterocycles. The van der Waals surface area contributed by atoms with Gasteiger partial charge in [0.25, 0.3) is 5.91 Å². The summed E-state index contributed by atoms with van der Waals surface area (Å²) in [7, 11) is 0. The van der Waals surface area contributed by atoms with E-state index < -0.39 is 0 Å². The smallest absolute Gasteiger partial charge is 0.255 e. The zero-order valence-electron chi connectivity index (χ0n) is 9.70. The van der Waals surface area contributed by atoms with E-state index in [1.807, 2.05) is 29.2 Å². The van der Waals surface area contributed by atoms with Crippen LogP contribution in [0.2, 0.25) is 0 Å². The second-order valence-corrected chi connectivity index (χ2v) is 5.63. The molecule has 0 aliphatic carbocycles. The largest absolute Gasteiger partial charge is 0.334 e. The lowest BCUT2D eigenvalue weighted by molar-refractivity contribution is 0.0736. The van der Waals surface area contributed by atoms with Crippen molar-refractivity contribution in [3.63, 3.8) is 0 Å².